The van der Waals surface area contributed by atoms with Gasteiger partial charge in [0.15, 0.2) is 0 Å². The van der Waals surface area contributed by atoms with Crippen LogP contribution in [0.15, 0.2) is 72.8 Å². The number of nitrogens with one attached hydrogen (secondary N) is 1. The molecule has 210 valence electrons. The predicted octanol–water partition coefficient (Wildman–Crippen LogP) is 4.07. The molecule has 0 aromatic heterocycles. The summed E-state index contributed by atoms with van der Waals surface area (Å²) in [6, 6.07) is 20.5. The Morgan fingerprint density at radius 3 is 2.38 bits per heavy atom. The number of methoxy groups -OCH3 is 1. The molecule has 5 rings (SSSR count). The lowest BCUT2D eigenvalue weighted by Gasteiger charge is -2.42. The summed E-state index contributed by atoms with van der Waals surface area (Å²) in [7, 11) is 3.75. The standard InChI is InChI=1S/C32H37FN4O3/c1-35-18-20-36(21-19-35)17-5-16-34-31(38)29-27-6-3-4-7-28(27)32(39)37(22-23-8-12-25(33)13-9-23)30(29)24-10-14-26(40-2)15-11-24/h3-4,6-15,29-30H,5,16-22H2,1-2H3,(H,34,38)/t29-,30-/m0/s1. The molecule has 1 N–H and O–H groups in total. The maximum absolute atomic E-state index is 14.0. The second kappa shape index (κ2) is 12.6. The maximum atomic E-state index is 14.0. The predicted molar refractivity (Wildman–Crippen MR) is 153 cm³/mol. The van der Waals surface area contributed by atoms with Gasteiger partial charge in [-0.3, -0.25) is 9.59 Å². The lowest BCUT2D eigenvalue weighted by Crippen LogP contribution is -2.47. The summed E-state index contributed by atoms with van der Waals surface area (Å²) < 4.78 is 19.0. The van der Waals surface area contributed by atoms with E-state index < -0.39 is 12.0 Å². The van der Waals surface area contributed by atoms with Gasteiger partial charge in [0, 0.05) is 44.8 Å². The van der Waals surface area contributed by atoms with Crippen LogP contribution in [0.4, 0.5) is 4.39 Å². The fraction of sp³-hybridized carbons (Fsp3) is 0.375. The number of benzene rings is 3. The average molecular weight is 545 g/mol. The molecule has 0 bridgehead atoms. The van der Waals surface area contributed by atoms with Gasteiger partial charge < -0.3 is 24.8 Å². The number of carbonyl (C=O) groups excluding carboxylic acids is 2. The minimum atomic E-state index is -0.605. The Bertz CT molecular complexity index is 1310. The Morgan fingerprint density at radius 1 is 0.975 bits per heavy atom. The number of carbonyl (C=O) groups is 2. The third kappa shape index (κ3) is 6.18. The number of rotatable bonds is 9. The highest BCUT2D eigenvalue weighted by Crippen LogP contribution is 2.44. The summed E-state index contributed by atoms with van der Waals surface area (Å²) in [5, 5.41) is 3.18. The zero-order chi connectivity index (χ0) is 28.1. The van der Waals surface area contributed by atoms with Gasteiger partial charge in [-0.2, -0.15) is 0 Å². The quantitative estimate of drug-likeness (QED) is 0.412. The molecule has 8 heteroatoms. The molecule has 1 fully saturated rings. The molecule has 0 saturated carbocycles. The number of hydrogen-bond acceptors (Lipinski definition) is 5. The van der Waals surface area contributed by atoms with Crippen molar-refractivity contribution in [2.45, 2.75) is 24.9 Å². The molecule has 0 unspecified atom stereocenters. The van der Waals surface area contributed by atoms with Crippen LogP contribution in [0.5, 0.6) is 5.75 Å². The van der Waals surface area contributed by atoms with Crippen LogP contribution in [0.1, 0.15) is 45.4 Å². The number of halogens is 1. The van der Waals surface area contributed by atoms with Crippen molar-refractivity contribution in [1.29, 1.82) is 0 Å². The van der Waals surface area contributed by atoms with Gasteiger partial charge in [-0.25, -0.2) is 4.39 Å². The van der Waals surface area contributed by atoms with Gasteiger partial charge >= 0.3 is 0 Å². The van der Waals surface area contributed by atoms with Gasteiger partial charge in [-0.05, 0) is 67.0 Å². The van der Waals surface area contributed by atoms with Crippen LogP contribution in [-0.4, -0.2) is 79.9 Å². The molecule has 3 aromatic carbocycles. The van der Waals surface area contributed by atoms with E-state index in [4.69, 9.17) is 4.74 Å². The number of likely N-dealkylation sites (N-methyl/N-ethyl adjacent to an activating group) is 1. The van der Waals surface area contributed by atoms with Gasteiger partial charge in [0.05, 0.1) is 19.1 Å². The van der Waals surface area contributed by atoms with Crippen molar-refractivity contribution in [3.8, 4) is 5.75 Å². The van der Waals surface area contributed by atoms with Crippen molar-refractivity contribution < 1.29 is 18.7 Å². The number of fused-ring (bicyclic) bond motifs is 1. The Kier molecular flexibility index (Phi) is 8.77. The number of piperazine rings is 1. The van der Waals surface area contributed by atoms with Gasteiger partial charge in [0.2, 0.25) is 5.91 Å². The van der Waals surface area contributed by atoms with Crippen LogP contribution in [0.25, 0.3) is 0 Å². The smallest absolute Gasteiger partial charge is 0.255 e. The van der Waals surface area contributed by atoms with Crippen molar-refractivity contribution in [3.63, 3.8) is 0 Å². The highest BCUT2D eigenvalue weighted by Gasteiger charge is 2.44. The van der Waals surface area contributed by atoms with Crippen LogP contribution in [-0.2, 0) is 11.3 Å². The lowest BCUT2D eigenvalue weighted by atomic mass is 9.79. The number of nitrogens with zero attached hydrogens (tertiary/aromatic N) is 3. The Labute approximate surface area is 235 Å². The summed E-state index contributed by atoms with van der Waals surface area (Å²) in [6.07, 6.45) is 0.856. The van der Waals surface area contributed by atoms with E-state index in [1.807, 2.05) is 42.5 Å². The second-order valence-corrected chi connectivity index (χ2v) is 10.6. The zero-order valence-corrected chi connectivity index (χ0v) is 23.2. The molecule has 3 aromatic rings. The van der Waals surface area contributed by atoms with E-state index in [9.17, 15) is 14.0 Å². The minimum Gasteiger partial charge on any atom is -0.497 e. The van der Waals surface area contributed by atoms with E-state index in [1.165, 1.54) is 12.1 Å². The SMILES string of the molecule is COc1ccc([C@H]2[C@@H](C(=O)NCCCN3CCN(C)CC3)c3ccccc3C(=O)N2Cc2ccc(F)cc2)cc1. The van der Waals surface area contributed by atoms with Crippen molar-refractivity contribution in [2.24, 2.45) is 0 Å². The van der Waals surface area contributed by atoms with Gasteiger partial charge in [-0.1, -0.05) is 42.5 Å². The van der Waals surface area contributed by atoms with E-state index in [0.717, 1.165) is 55.8 Å². The first-order chi connectivity index (χ1) is 19.4. The molecular weight excluding hydrogens is 507 g/mol. The van der Waals surface area contributed by atoms with Gasteiger partial charge in [0.25, 0.3) is 5.91 Å². The molecule has 2 atom stereocenters. The van der Waals surface area contributed by atoms with E-state index in [-0.39, 0.29) is 24.2 Å². The van der Waals surface area contributed by atoms with Crippen molar-refractivity contribution in [3.05, 3.63) is 101 Å². The zero-order valence-electron chi connectivity index (χ0n) is 23.2. The lowest BCUT2D eigenvalue weighted by molar-refractivity contribution is -0.124. The van der Waals surface area contributed by atoms with Crippen LogP contribution < -0.4 is 10.1 Å². The highest BCUT2D eigenvalue weighted by atomic mass is 19.1. The first-order valence-electron chi connectivity index (χ1n) is 13.9. The van der Waals surface area contributed by atoms with Crippen LogP contribution in [0.2, 0.25) is 0 Å². The van der Waals surface area contributed by atoms with Crippen LogP contribution >= 0.6 is 0 Å². The molecule has 2 heterocycles. The Morgan fingerprint density at radius 2 is 1.68 bits per heavy atom. The second-order valence-electron chi connectivity index (χ2n) is 10.6. The summed E-state index contributed by atoms with van der Waals surface area (Å²) in [5.41, 5.74) is 2.87. The van der Waals surface area contributed by atoms with Crippen molar-refractivity contribution >= 4 is 11.8 Å². The molecule has 40 heavy (non-hydrogen) atoms. The summed E-state index contributed by atoms with van der Waals surface area (Å²) in [4.78, 5) is 34.4. The van der Waals surface area contributed by atoms with Crippen molar-refractivity contribution in [2.75, 3.05) is 53.4 Å². The first-order valence-corrected chi connectivity index (χ1v) is 13.9. The molecule has 2 aliphatic rings. The van der Waals surface area contributed by atoms with E-state index in [0.29, 0.717) is 17.9 Å². The molecule has 0 radical (unpaired) electrons. The molecule has 2 aliphatic heterocycles. The van der Waals surface area contributed by atoms with Gasteiger partial charge in [0.1, 0.15) is 11.6 Å². The fourth-order valence-electron chi connectivity index (χ4n) is 5.70. The third-order valence-electron chi connectivity index (χ3n) is 7.99. The van der Waals surface area contributed by atoms with Crippen LogP contribution in [0.3, 0.4) is 0 Å². The molecule has 1 saturated heterocycles. The largest absolute Gasteiger partial charge is 0.497 e. The molecule has 0 spiro atoms. The molecule has 7 nitrogen and oxygen atoms in total. The third-order valence-corrected chi connectivity index (χ3v) is 7.99. The number of ether oxygens (including phenoxy) is 1. The van der Waals surface area contributed by atoms with E-state index >= 15 is 0 Å². The Hall–Kier alpha value is -3.75. The number of hydrogen-bond donors (Lipinski definition) is 1. The first kappa shape index (κ1) is 27.8. The van der Waals surface area contributed by atoms with E-state index in [2.05, 4.69) is 22.2 Å². The summed E-state index contributed by atoms with van der Waals surface area (Å²) in [6.45, 7) is 5.95. The molecular formula is C32H37FN4O3. The van der Waals surface area contributed by atoms with Gasteiger partial charge in [-0.15, -0.1) is 0 Å². The van der Waals surface area contributed by atoms with E-state index in [1.54, 1.807) is 30.2 Å². The molecule has 2 amide bonds. The maximum Gasteiger partial charge on any atom is 0.255 e. The normalized spacial score (nSPS) is 19.8. The fourth-order valence-corrected chi connectivity index (χ4v) is 5.70. The molecule has 0 aliphatic carbocycles. The Balaban J connectivity index is 1.43. The highest BCUT2D eigenvalue weighted by molar-refractivity contribution is 6.01. The average Bonchev–Trinajstić information content (AvgIpc) is 2.98. The minimum absolute atomic E-state index is 0.108. The summed E-state index contributed by atoms with van der Waals surface area (Å²) >= 11 is 0. The van der Waals surface area contributed by atoms with Crippen molar-refractivity contribution in [1.82, 2.24) is 20.0 Å². The monoisotopic (exact) mass is 544 g/mol. The number of amides is 2. The summed E-state index contributed by atoms with van der Waals surface area (Å²) in [5.74, 6) is -0.504. The topological polar surface area (TPSA) is 65.1 Å². The van der Waals surface area contributed by atoms with Crippen LogP contribution in [0, 0.1) is 5.82 Å².